The zero-order valence-electron chi connectivity index (χ0n) is 45.4. The number of aliphatic hydroxyl groups is 12. The standard InChI is InChI=1S/C54H86O23/c1-49(2)15-17-54(48(68)77-46-38(64)35(61)33(59)27(73-46)22-71-44-37(63)34(60)32(58)26(20-55)72-44)18-16-52(6)23(24(54)19-49)9-10-29-51(5)13-12-30(50(3,4)28(51)11-14-53(29,52)7)74-47-40(66)41(39(65)42(76-47)43(67)69-8)75-45-36(62)31(57)25(56)21-70-45/h9,24-42,44-47,55-66H,10-22H2,1-8H3/t24-,25-,26+,27+,28-,29+,30-,31-,32+,33+,34-,35-,36+,37+,38+,39-,40+,41-,42-,44+,45+,46-,47+,51-,52+,53+,54-/m0/s1. The van der Waals surface area contributed by atoms with E-state index in [-0.39, 0.29) is 39.4 Å². The molecule has 0 bridgehead atoms. The molecule has 8 fully saturated rings. The molecule has 0 amide bonds. The van der Waals surface area contributed by atoms with Crippen molar-refractivity contribution in [3.63, 3.8) is 0 Å². The van der Waals surface area contributed by atoms with Crippen molar-refractivity contribution in [1.29, 1.82) is 0 Å². The van der Waals surface area contributed by atoms with Crippen LogP contribution >= 0.6 is 0 Å². The van der Waals surface area contributed by atoms with Gasteiger partial charge in [-0.25, -0.2) is 4.79 Å². The number of methoxy groups -OCH3 is 1. The van der Waals surface area contributed by atoms with Gasteiger partial charge in [0, 0.05) is 0 Å². The summed E-state index contributed by atoms with van der Waals surface area (Å²) in [6.45, 7) is 14.2. The topological polar surface area (TPSA) is 360 Å². The fraction of sp³-hybridized carbons (Fsp3) is 0.926. The highest BCUT2D eigenvalue weighted by Crippen LogP contribution is 2.76. The van der Waals surface area contributed by atoms with Crippen molar-refractivity contribution in [2.24, 2.45) is 50.2 Å². The Morgan fingerprint density at radius 3 is 1.95 bits per heavy atom. The molecule has 0 aromatic rings. The molecule has 27 atom stereocenters. The Bertz CT molecular complexity index is 2160. The van der Waals surface area contributed by atoms with Gasteiger partial charge in [0.25, 0.3) is 0 Å². The van der Waals surface area contributed by atoms with Gasteiger partial charge in [-0.15, -0.1) is 0 Å². The van der Waals surface area contributed by atoms with Gasteiger partial charge in [-0.3, -0.25) is 4.79 Å². The molecule has 77 heavy (non-hydrogen) atoms. The summed E-state index contributed by atoms with van der Waals surface area (Å²) in [5.41, 5.74) is -1.26. The Balaban J connectivity index is 0.923. The maximum absolute atomic E-state index is 15.1. The highest BCUT2D eigenvalue weighted by atomic mass is 16.8. The summed E-state index contributed by atoms with van der Waals surface area (Å²) in [6.07, 6.45) is -22.5. The van der Waals surface area contributed by atoms with E-state index in [1.807, 2.05) is 0 Å². The minimum absolute atomic E-state index is 0.104. The molecule has 23 heteroatoms. The lowest BCUT2D eigenvalue weighted by atomic mass is 9.33. The smallest absolute Gasteiger partial charge is 0.337 e. The first-order valence-electron chi connectivity index (χ1n) is 27.6. The number of aliphatic hydroxyl groups excluding tert-OH is 12. The molecule has 0 unspecified atom stereocenters. The Morgan fingerprint density at radius 1 is 0.636 bits per heavy atom. The molecule has 0 spiro atoms. The molecule has 4 saturated carbocycles. The van der Waals surface area contributed by atoms with Crippen molar-refractivity contribution in [2.45, 2.75) is 235 Å². The largest absolute Gasteiger partial charge is 0.467 e. The molecule has 12 N–H and O–H groups in total. The SMILES string of the molecule is COC(=O)[C@H]1O[C@@H](O[C@H]2CC[C@]3(C)[C@H]4CC=C5[C@@H]6CC(C)(C)CC[C@]6(C(=O)O[C@@H]6O[C@H](CO[C@@H]7O[C@H](CO)[C@@H](O)[C@H](O)[C@H]7O)[C@@H](O)[C@H](O)[C@H]6O)CC[C@@]5(C)[C@]4(C)CC[C@H]3C2(C)C)[C@H](O)[C@@H](O[C@H]2OC[C@H](O)[C@H](O)[C@H]2O)[C@@H]1O. The molecule has 9 aliphatic rings. The maximum Gasteiger partial charge on any atom is 0.337 e. The third-order valence-electron chi connectivity index (χ3n) is 21.2. The monoisotopic (exact) mass is 1100 g/mol. The average molecular weight is 1100 g/mol. The van der Waals surface area contributed by atoms with Crippen LogP contribution in [0.2, 0.25) is 0 Å². The molecule has 4 aliphatic heterocycles. The van der Waals surface area contributed by atoms with E-state index in [1.54, 1.807) is 0 Å². The number of allylic oxidation sites excluding steroid dienone is 2. The summed E-state index contributed by atoms with van der Waals surface area (Å²) in [5, 5.41) is 128. The Hall–Kier alpha value is -2.08. The lowest BCUT2D eigenvalue weighted by Crippen LogP contribution is -2.67. The lowest BCUT2D eigenvalue weighted by molar-refractivity contribution is -0.357. The summed E-state index contributed by atoms with van der Waals surface area (Å²) in [6, 6.07) is 0. The van der Waals surface area contributed by atoms with Crippen LogP contribution in [0.25, 0.3) is 0 Å². The van der Waals surface area contributed by atoms with Crippen LogP contribution in [-0.4, -0.2) is 223 Å². The minimum Gasteiger partial charge on any atom is -0.467 e. The van der Waals surface area contributed by atoms with E-state index in [0.29, 0.717) is 32.1 Å². The summed E-state index contributed by atoms with van der Waals surface area (Å²) in [4.78, 5) is 28.1. The average Bonchev–Trinajstić information content (AvgIpc) is 3.55. The van der Waals surface area contributed by atoms with E-state index in [2.05, 4.69) is 54.5 Å². The van der Waals surface area contributed by atoms with Crippen LogP contribution in [0.5, 0.6) is 0 Å². The molecule has 23 nitrogen and oxygen atoms in total. The second-order valence-corrected chi connectivity index (χ2v) is 26.1. The van der Waals surface area contributed by atoms with Gasteiger partial charge >= 0.3 is 11.9 Å². The molecular formula is C54H86O23. The molecule has 0 radical (unpaired) electrons. The van der Waals surface area contributed by atoms with Crippen LogP contribution in [0.3, 0.4) is 0 Å². The molecule has 5 aliphatic carbocycles. The summed E-state index contributed by atoms with van der Waals surface area (Å²) < 4.78 is 52.1. The second kappa shape index (κ2) is 21.6. The van der Waals surface area contributed by atoms with Gasteiger partial charge in [0.1, 0.15) is 85.5 Å². The third kappa shape index (κ3) is 9.86. The first kappa shape index (κ1) is 59.5. The highest BCUT2D eigenvalue weighted by Gasteiger charge is 2.70. The van der Waals surface area contributed by atoms with Gasteiger partial charge in [0.15, 0.2) is 25.0 Å². The first-order valence-corrected chi connectivity index (χ1v) is 27.6. The fourth-order valence-corrected chi connectivity index (χ4v) is 16.2. The van der Waals surface area contributed by atoms with Crippen molar-refractivity contribution in [3.05, 3.63) is 11.6 Å². The third-order valence-corrected chi connectivity index (χ3v) is 21.2. The molecular weight excluding hydrogens is 1020 g/mol. The second-order valence-electron chi connectivity index (χ2n) is 26.1. The van der Waals surface area contributed by atoms with Crippen LogP contribution in [0.4, 0.5) is 0 Å². The molecule has 0 aromatic carbocycles. The van der Waals surface area contributed by atoms with E-state index in [0.717, 1.165) is 39.2 Å². The Kier molecular flexibility index (Phi) is 16.7. The van der Waals surface area contributed by atoms with Gasteiger partial charge in [-0.05, 0) is 109 Å². The van der Waals surface area contributed by atoms with Crippen LogP contribution in [0.15, 0.2) is 11.6 Å². The van der Waals surface area contributed by atoms with Crippen LogP contribution in [0, 0.1) is 50.2 Å². The van der Waals surface area contributed by atoms with Gasteiger partial charge in [-0.2, -0.15) is 0 Å². The van der Waals surface area contributed by atoms with Crippen LogP contribution in [0.1, 0.15) is 113 Å². The number of carbonyl (C=O) groups excluding carboxylic acids is 2. The minimum atomic E-state index is -1.84. The highest BCUT2D eigenvalue weighted by molar-refractivity contribution is 5.79. The van der Waals surface area contributed by atoms with E-state index in [9.17, 15) is 66.1 Å². The summed E-state index contributed by atoms with van der Waals surface area (Å²) in [7, 11) is 1.12. The number of esters is 2. The van der Waals surface area contributed by atoms with Crippen LogP contribution in [-0.2, 0) is 52.2 Å². The van der Waals surface area contributed by atoms with Gasteiger partial charge in [0.2, 0.25) is 6.29 Å². The van der Waals surface area contributed by atoms with E-state index in [1.165, 1.54) is 5.57 Å². The van der Waals surface area contributed by atoms with Gasteiger partial charge in [0.05, 0.1) is 38.4 Å². The van der Waals surface area contributed by atoms with E-state index in [4.69, 9.17) is 42.6 Å². The molecule has 9 rings (SSSR count). The predicted molar refractivity (Wildman–Crippen MR) is 262 cm³/mol. The summed E-state index contributed by atoms with van der Waals surface area (Å²) in [5.74, 6) is -1.47. The predicted octanol–water partition coefficient (Wildman–Crippen LogP) is -1.22. The lowest BCUT2D eigenvalue weighted by Gasteiger charge is -2.71. The Morgan fingerprint density at radius 2 is 1.27 bits per heavy atom. The number of ether oxygens (including phenoxy) is 9. The zero-order valence-corrected chi connectivity index (χ0v) is 45.4. The molecule has 4 saturated heterocycles. The van der Waals surface area contributed by atoms with Gasteiger partial charge in [-0.1, -0.05) is 60.1 Å². The number of rotatable bonds is 11. The number of fused-ring (bicyclic) bond motifs is 7. The zero-order chi connectivity index (χ0) is 56.3. The number of hydrogen-bond acceptors (Lipinski definition) is 23. The Labute approximate surface area is 448 Å². The fourth-order valence-electron chi connectivity index (χ4n) is 16.2. The summed E-state index contributed by atoms with van der Waals surface area (Å²) >= 11 is 0. The van der Waals surface area contributed by atoms with Crippen molar-refractivity contribution in [1.82, 2.24) is 0 Å². The quantitative estimate of drug-likeness (QED) is 0.0656. The van der Waals surface area contributed by atoms with Crippen molar-refractivity contribution < 1.29 is 113 Å². The molecule has 4 heterocycles. The number of hydrogen-bond donors (Lipinski definition) is 12. The maximum atomic E-state index is 15.1. The normalized spacial score (nSPS) is 52.4. The number of carbonyl (C=O) groups is 2. The first-order chi connectivity index (χ1) is 36.0. The van der Waals surface area contributed by atoms with E-state index < -0.39 is 165 Å². The van der Waals surface area contributed by atoms with Crippen molar-refractivity contribution in [3.8, 4) is 0 Å². The van der Waals surface area contributed by atoms with E-state index >= 15 is 4.79 Å². The van der Waals surface area contributed by atoms with Crippen LogP contribution < -0.4 is 0 Å². The molecule has 440 valence electrons. The van der Waals surface area contributed by atoms with Crippen molar-refractivity contribution >= 4 is 11.9 Å². The van der Waals surface area contributed by atoms with Crippen molar-refractivity contribution in [2.75, 3.05) is 26.9 Å². The van der Waals surface area contributed by atoms with Gasteiger partial charge < -0.3 is 104 Å². The molecule has 0 aromatic heterocycles.